The van der Waals surface area contributed by atoms with Crippen LogP contribution in [0.25, 0.3) is 11.2 Å². The summed E-state index contributed by atoms with van der Waals surface area (Å²) in [6, 6.07) is 6.43. The van der Waals surface area contributed by atoms with Gasteiger partial charge >= 0.3 is 10.8 Å². The van der Waals surface area contributed by atoms with Gasteiger partial charge in [-0.15, -0.1) is 0 Å². The maximum atomic E-state index is 12.5. The zero-order valence-electron chi connectivity index (χ0n) is 14.4. The molecule has 9 heteroatoms. The minimum Gasteiger partial charge on any atom is -0.609 e. The second-order valence-corrected chi connectivity index (χ2v) is 6.94. The van der Waals surface area contributed by atoms with E-state index in [9.17, 15) is 19.2 Å². The lowest BCUT2D eigenvalue weighted by Gasteiger charge is -2.05. The smallest absolute Gasteiger partial charge is 0.333 e. The Hall–Kier alpha value is -2.96. The Kier molecular flexibility index (Phi) is 4.63. The number of phenols is 1. The first kappa shape index (κ1) is 17.8. The van der Waals surface area contributed by atoms with Crippen LogP contribution in [0.5, 0.6) is 5.75 Å². The molecule has 2 aromatic heterocycles. The van der Waals surface area contributed by atoms with Crippen molar-refractivity contribution in [2.24, 2.45) is 14.1 Å². The van der Waals surface area contributed by atoms with Crippen LogP contribution in [0, 0.1) is 11.8 Å². The van der Waals surface area contributed by atoms with E-state index in [-0.39, 0.29) is 28.6 Å². The lowest BCUT2D eigenvalue weighted by molar-refractivity contribution is 0.475. The summed E-state index contributed by atoms with van der Waals surface area (Å²) in [5.74, 6) is 5.79. The summed E-state index contributed by atoms with van der Waals surface area (Å²) >= 11 is -1.42. The predicted octanol–water partition coefficient (Wildman–Crippen LogP) is -0.0716. The third kappa shape index (κ3) is 3.00. The largest absolute Gasteiger partial charge is 0.609 e. The van der Waals surface area contributed by atoms with E-state index in [1.807, 2.05) is 0 Å². The molecule has 2 heterocycles. The molecule has 3 rings (SSSR count). The van der Waals surface area contributed by atoms with Gasteiger partial charge in [-0.2, -0.15) is 4.98 Å². The Morgan fingerprint density at radius 3 is 2.65 bits per heavy atom. The van der Waals surface area contributed by atoms with E-state index in [0.29, 0.717) is 5.56 Å². The van der Waals surface area contributed by atoms with Gasteiger partial charge in [-0.25, -0.2) is 4.79 Å². The Balaban J connectivity index is 2.16. The fourth-order valence-corrected chi connectivity index (χ4v) is 3.30. The molecule has 0 spiro atoms. The number of benzene rings is 1. The summed E-state index contributed by atoms with van der Waals surface area (Å²) in [5.41, 5.74) is -0.129. The summed E-state index contributed by atoms with van der Waals surface area (Å²) in [6.07, 6.45) is 1.45. The van der Waals surface area contributed by atoms with Crippen molar-refractivity contribution in [3.63, 3.8) is 0 Å². The third-order valence-electron chi connectivity index (χ3n) is 3.89. The minimum atomic E-state index is -1.42. The minimum absolute atomic E-state index is 0.00802. The van der Waals surface area contributed by atoms with E-state index in [1.165, 1.54) is 34.6 Å². The molecule has 0 radical (unpaired) electrons. The average molecular weight is 372 g/mol. The fourth-order valence-electron chi connectivity index (χ4n) is 2.61. The molecule has 134 valence electrons. The maximum Gasteiger partial charge on any atom is 0.333 e. The van der Waals surface area contributed by atoms with Crippen molar-refractivity contribution in [3.05, 3.63) is 50.7 Å². The lowest BCUT2D eigenvalue weighted by atomic mass is 10.2. The van der Waals surface area contributed by atoms with Crippen LogP contribution in [0.15, 0.2) is 39.0 Å². The Morgan fingerprint density at radius 1 is 1.27 bits per heavy atom. The average Bonchev–Trinajstić information content (AvgIpc) is 2.93. The monoisotopic (exact) mass is 372 g/mol. The van der Waals surface area contributed by atoms with Gasteiger partial charge in [0.15, 0.2) is 11.2 Å². The van der Waals surface area contributed by atoms with E-state index in [2.05, 4.69) is 16.8 Å². The highest BCUT2D eigenvalue weighted by molar-refractivity contribution is 7.90. The number of imidazole rings is 1. The predicted molar refractivity (Wildman–Crippen MR) is 97.5 cm³/mol. The molecular weight excluding hydrogens is 356 g/mol. The highest BCUT2D eigenvalue weighted by Gasteiger charge is 2.22. The Morgan fingerprint density at radius 2 is 2.00 bits per heavy atom. The highest BCUT2D eigenvalue weighted by Crippen LogP contribution is 2.14. The summed E-state index contributed by atoms with van der Waals surface area (Å²) in [5, 5.41) is 9.67. The van der Waals surface area contributed by atoms with Gasteiger partial charge in [0.1, 0.15) is 12.0 Å². The summed E-state index contributed by atoms with van der Waals surface area (Å²) in [4.78, 5) is 29.1. The second-order valence-electron chi connectivity index (χ2n) is 5.66. The number of nitrogens with zero attached hydrogens (tertiary/aromatic N) is 4. The number of aryl methyl sites for hydroxylation is 1. The summed E-state index contributed by atoms with van der Waals surface area (Å²) < 4.78 is 15.5. The van der Waals surface area contributed by atoms with Crippen LogP contribution in [0.3, 0.4) is 0 Å². The first-order chi connectivity index (χ1) is 12.3. The van der Waals surface area contributed by atoms with E-state index in [4.69, 9.17) is 0 Å². The maximum absolute atomic E-state index is 12.5. The van der Waals surface area contributed by atoms with Crippen LogP contribution in [-0.4, -0.2) is 34.6 Å². The van der Waals surface area contributed by atoms with Crippen molar-refractivity contribution >= 4 is 22.3 Å². The Labute approximate surface area is 151 Å². The molecule has 0 aliphatic heterocycles. The van der Waals surface area contributed by atoms with Crippen LogP contribution in [-0.2, 0) is 31.8 Å². The molecule has 0 fully saturated rings. The quantitative estimate of drug-likeness (QED) is 0.501. The zero-order valence-corrected chi connectivity index (χ0v) is 15.2. The number of hydrogen-bond acceptors (Lipinski definition) is 5. The van der Waals surface area contributed by atoms with Crippen LogP contribution in [0.2, 0.25) is 0 Å². The van der Waals surface area contributed by atoms with Gasteiger partial charge in [-0.3, -0.25) is 18.5 Å². The molecule has 0 bridgehead atoms. The summed E-state index contributed by atoms with van der Waals surface area (Å²) in [7, 11) is 2.96. The second kappa shape index (κ2) is 6.74. The van der Waals surface area contributed by atoms with E-state index < -0.39 is 22.4 Å². The molecule has 0 aliphatic rings. The van der Waals surface area contributed by atoms with Crippen LogP contribution in [0.4, 0.5) is 0 Å². The number of aromatic hydroxyl groups is 1. The standard InChI is InChI=1S/C17H16N4O4S/c1-19-13-14(18-16(19)26(3)25)21(17(24)20(2)15(13)23)9-5-7-11-6-4-8-12(22)10-11/h4,6,8,10,22H,9H2,1-3H3. The SMILES string of the molecule is Cn1c(=O)c2c(nc([S+](C)[O-])n2C)n(CC#Cc2cccc(O)c2)c1=O. The van der Waals surface area contributed by atoms with E-state index in [0.717, 1.165) is 4.57 Å². The number of hydrogen-bond donors (Lipinski definition) is 1. The first-order valence-corrected chi connectivity index (χ1v) is 9.14. The molecule has 8 nitrogen and oxygen atoms in total. The van der Waals surface area contributed by atoms with Gasteiger partial charge in [0.05, 0.1) is 6.54 Å². The van der Waals surface area contributed by atoms with Crippen molar-refractivity contribution < 1.29 is 9.66 Å². The van der Waals surface area contributed by atoms with Crippen LogP contribution < -0.4 is 11.2 Å². The molecule has 0 aliphatic carbocycles. The molecule has 1 N–H and O–H groups in total. The van der Waals surface area contributed by atoms with Crippen LogP contribution >= 0.6 is 0 Å². The highest BCUT2D eigenvalue weighted by atomic mass is 32.2. The van der Waals surface area contributed by atoms with Gasteiger partial charge in [0.2, 0.25) is 0 Å². The molecular formula is C17H16N4O4S. The topological polar surface area (TPSA) is 105 Å². The fraction of sp³-hybridized carbons (Fsp3) is 0.235. The zero-order chi connectivity index (χ0) is 19.0. The molecule has 26 heavy (non-hydrogen) atoms. The number of fused-ring (bicyclic) bond motifs is 1. The first-order valence-electron chi connectivity index (χ1n) is 7.59. The van der Waals surface area contributed by atoms with Crippen molar-refractivity contribution in [2.75, 3.05) is 6.26 Å². The number of aromatic nitrogens is 4. The molecule has 1 atom stereocenters. The molecule has 1 unspecified atom stereocenters. The summed E-state index contributed by atoms with van der Waals surface area (Å²) in [6.45, 7) is -0.00802. The third-order valence-corrected chi connectivity index (χ3v) is 4.77. The molecule has 1 aromatic carbocycles. The van der Waals surface area contributed by atoms with Crippen molar-refractivity contribution in [2.45, 2.75) is 11.7 Å². The number of phenolic OH excluding ortho intramolecular Hbond substituents is 1. The van der Waals surface area contributed by atoms with Gasteiger partial charge < -0.3 is 9.66 Å². The molecule has 0 amide bonds. The van der Waals surface area contributed by atoms with Gasteiger partial charge in [0, 0.05) is 30.8 Å². The molecule has 0 saturated carbocycles. The van der Waals surface area contributed by atoms with Gasteiger partial charge in [-0.05, 0) is 18.2 Å². The molecule has 3 aromatic rings. The van der Waals surface area contributed by atoms with Gasteiger partial charge in [0.25, 0.3) is 5.56 Å². The van der Waals surface area contributed by atoms with E-state index in [1.54, 1.807) is 19.2 Å². The normalized spacial score (nSPS) is 12.0. The molecule has 0 saturated heterocycles. The van der Waals surface area contributed by atoms with Gasteiger partial charge in [-0.1, -0.05) is 17.9 Å². The van der Waals surface area contributed by atoms with Crippen molar-refractivity contribution in [1.29, 1.82) is 0 Å². The van der Waals surface area contributed by atoms with E-state index >= 15 is 0 Å². The lowest BCUT2D eigenvalue weighted by Crippen LogP contribution is -2.38. The van der Waals surface area contributed by atoms with Crippen molar-refractivity contribution in [3.8, 4) is 17.6 Å². The van der Waals surface area contributed by atoms with Crippen LogP contribution in [0.1, 0.15) is 5.56 Å². The van der Waals surface area contributed by atoms with Crippen molar-refractivity contribution in [1.82, 2.24) is 18.7 Å². The number of rotatable bonds is 2. The Bertz CT molecular complexity index is 1180.